The first-order valence-electron chi connectivity index (χ1n) is 6.01. The van der Waals surface area contributed by atoms with E-state index in [2.05, 4.69) is 31.2 Å². The van der Waals surface area contributed by atoms with Crippen LogP contribution in [0.15, 0.2) is 6.20 Å². The fraction of sp³-hybridized carbons (Fsp3) is 0.750. The number of nitrogens with one attached hydrogen (secondary N) is 1. The lowest BCUT2D eigenvalue weighted by atomic mass is 10.2. The van der Waals surface area contributed by atoms with Crippen molar-refractivity contribution in [1.82, 2.24) is 15.1 Å². The van der Waals surface area contributed by atoms with E-state index in [0.717, 1.165) is 25.3 Å². The molecule has 0 aliphatic heterocycles. The smallest absolute Gasteiger partial charge is 0.159 e. The zero-order chi connectivity index (χ0) is 12.0. The maximum Gasteiger partial charge on any atom is 0.159 e. The zero-order valence-corrected chi connectivity index (χ0v) is 10.8. The van der Waals surface area contributed by atoms with E-state index in [4.69, 9.17) is 4.74 Å². The maximum absolute atomic E-state index is 5.32. The van der Waals surface area contributed by atoms with Crippen molar-refractivity contribution in [1.29, 1.82) is 0 Å². The van der Waals surface area contributed by atoms with Crippen LogP contribution < -0.4 is 10.1 Å². The summed E-state index contributed by atoms with van der Waals surface area (Å²) in [7, 11) is 1.70. The van der Waals surface area contributed by atoms with Crippen LogP contribution in [0.4, 0.5) is 0 Å². The van der Waals surface area contributed by atoms with Gasteiger partial charge < -0.3 is 10.1 Å². The molecule has 0 atom stereocenters. The first kappa shape index (κ1) is 13.0. The maximum atomic E-state index is 5.32. The molecule has 0 unspecified atom stereocenters. The van der Waals surface area contributed by atoms with E-state index in [1.165, 1.54) is 12.1 Å². The van der Waals surface area contributed by atoms with Crippen molar-refractivity contribution < 1.29 is 4.74 Å². The molecule has 0 aliphatic rings. The molecule has 1 N–H and O–H groups in total. The summed E-state index contributed by atoms with van der Waals surface area (Å²) >= 11 is 0. The van der Waals surface area contributed by atoms with E-state index in [0.29, 0.717) is 6.04 Å². The van der Waals surface area contributed by atoms with Gasteiger partial charge in [0.25, 0.3) is 0 Å². The molecule has 0 aliphatic carbocycles. The molecule has 4 heteroatoms. The standard InChI is InChI=1S/C12H23N3O/c1-5-7-13-8-6-11-12(16-4)9-14-15(11)10(2)3/h9-10,13H,5-8H2,1-4H3. The molecule has 0 fully saturated rings. The van der Waals surface area contributed by atoms with Crippen LogP contribution >= 0.6 is 0 Å². The van der Waals surface area contributed by atoms with Crippen LogP contribution in [0.5, 0.6) is 5.75 Å². The number of aromatic nitrogens is 2. The van der Waals surface area contributed by atoms with Gasteiger partial charge in [0.1, 0.15) is 0 Å². The van der Waals surface area contributed by atoms with Crippen LogP contribution in [0, 0.1) is 0 Å². The van der Waals surface area contributed by atoms with E-state index in [-0.39, 0.29) is 0 Å². The summed E-state index contributed by atoms with van der Waals surface area (Å²) in [5.41, 5.74) is 1.18. The van der Waals surface area contributed by atoms with Crippen molar-refractivity contribution in [2.45, 2.75) is 39.7 Å². The lowest BCUT2D eigenvalue weighted by Gasteiger charge is -2.12. The van der Waals surface area contributed by atoms with Crippen LogP contribution in [0.3, 0.4) is 0 Å². The third kappa shape index (κ3) is 3.23. The number of rotatable bonds is 7. The average Bonchev–Trinajstić information content (AvgIpc) is 2.67. The van der Waals surface area contributed by atoms with E-state index >= 15 is 0 Å². The molecule has 0 bridgehead atoms. The monoisotopic (exact) mass is 225 g/mol. The summed E-state index contributed by atoms with van der Waals surface area (Å²) in [6, 6.07) is 0.380. The van der Waals surface area contributed by atoms with E-state index in [1.807, 2.05) is 4.68 Å². The van der Waals surface area contributed by atoms with Crippen molar-refractivity contribution in [3.63, 3.8) is 0 Å². The first-order valence-corrected chi connectivity index (χ1v) is 6.01. The summed E-state index contributed by atoms with van der Waals surface area (Å²) in [4.78, 5) is 0. The van der Waals surface area contributed by atoms with Gasteiger partial charge in [-0.15, -0.1) is 0 Å². The Balaban J connectivity index is 2.63. The molecular formula is C12H23N3O. The Kier molecular flexibility index (Phi) is 5.32. The third-order valence-corrected chi connectivity index (χ3v) is 2.53. The Morgan fingerprint density at radius 2 is 2.19 bits per heavy atom. The molecular weight excluding hydrogens is 202 g/mol. The van der Waals surface area contributed by atoms with Gasteiger partial charge in [-0.3, -0.25) is 4.68 Å². The number of nitrogens with zero attached hydrogens (tertiary/aromatic N) is 2. The largest absolute Gasteiger partial charge is 0.493 e. The lowest BCUT2D eigenvalue weighted by molar-refractivity contribution is 0.403. The molecule has 0 spiro atoms. The van der Waals surface area contributed by atoms with Gasteiger partial charge in [0.05, 0.1) is 19.0 Å². The molecule has 1 aromatic rings. The van der Waals surface area contributed by atoms with Gasteiger partial charge in [0.2, 0.25) is 0 Å². The van der Waals surface area contributed by atoms with Crippen LogP contribution in [-0.4, -0.2) is 30.0 Å². The second-order valence-electron chi connectivity index (χ2n) is 4.20. The highest BCUT2D eigenvalue weighted by Gasteiger charge is 2.12. The highest BCUT2D eigenvalue weighted by molar-refractivity contribution is 5.25. The molecule has 0 saturated carbocycles. The Labute approximate surface area is 98.0 Å². The van der Waals surface area contributed by atoms with Gasteiger partial charge in [-0.2, -0.15) is 5.10 Å². The van der Waals surface area contributed by atoms with Crippen molar-refractivity contribution in [2.24, 2.45) is 0 Å². The fourth-order valence-electron chi connectivity index (χ4n) is 1.73. The van der Waals surface area contributed by atoms with Crippen LogP contribution in [0.2, 0.25) is 0 Å². The predicted molar refractivity (Wildman–Crippen MR) is 66.0 cm³/mol. The van der Waals surface area contributed by atoms with Crippen molar-refractivity contribution in [3.8, 4) is 5.75 Å². The molecule has 16 heavy (non-hydrogen) atoms. The van der Waals surface area contributed by atoms with Gasteiger partial charge in [-0.05, 0) is 26.8 Å². The van der Waals surface area contributed by atoms with Crippen molar-refractivity contribution in [3.05, 3.63) is 11.9 Å². The Morgan fingerprint density at radius 1 is 1.44 bits per heavy atom. The average molecular weight is 225 g/mol. The quantitative estimate of drug-likeness (QED) is 0.722. The number of hydrogen-bond acceptors (Lipinski definition) is 3. The molecule has 0 aromatic carbocycles. The van der Waals surface area contributed by atoms with Crippen molar-refractivity contribution >= 4 is 0 Å². The number of hydrogen-bond donors (Lipinski definition) is 1. The summed E-state index contributed by atoms with van der Waals surface area (Å²) in [6.07, 6.45) is 3.93. The molecule has 0 radical (unpaired) electrons. The van der Waals surface area contributed by atoms with Crippen molar-refractivity contribution in [2.75, 3.05) is 20.2 Å². The molecule has 0 amide bonds. The lowest BCUT2D eigenvalue weighted by Crippen LogP contribution is -2.20. The highest BCUT2D eigenvalue weighted by Crippen LogP contribution is 2.20. The summed E-state index contributed by atoms with van der Waals surface area (Å²) < 4.78 is 7.36. The zero-order valence-electron chi connectivity index (χ0n) is 10.8. The number of ether oxygens (including phenoxy) is 1. The highest BCUT2D eigenvalue weighted by atomic mass is 16.5. The second-order valence-corrected chi connectivity index (χ2v) is 4.20. The molecule has 4 nitrogen and oxygen atoms in total. The SMILES string of the molecule is CCCNCCc1c(OC)cnn1C(C)C. The van der Waals surface area contributed by atoms with Gasteiger partial charge in [0, 0.05) is 19.0 Å². The molecule has 92 valence electrons. The molecule has 0 saturated heterocycles. The van der Waals surface area contributed by atoms with Crippen LogP contribution in [0.25, 0.3) is 0 Å². The minimum atomic E-state index is 0.380. The Morgan fingerprint density at radius 3 is 2.75 bits per heavy atom. The third-order valence-electron chi connectivity index (χ3n) is 2.53. The van der Waals surface area contributed by atoms with Gasteiger partial charge in [-0.25, -0.2) is 0 Å². The first-order chi connectivity index (χ1) is 7.70. The van der Waals surface area contributed by atoms with Crippen LogP contribution in [-0.2, 0) is 6.42 Å². The van der Waals surface area contributed by atoms with Gasteiger partial charge in [-0.1, -0.05) is 6.92 Å². The normalized spacial score (nSPS) is 11.1. The predicted octanol–water partition coefficient (Wildman–Crippen LogP) is 2.01. The van der Waals surface area contributed by atoms with E-state index in [1.54, 1.807) is 13.3 Å². The molecule has 1 aromatic heterocycles. The number of methoxy groups -OCH3 is 1. The topological polar surface area (TPSA) is 39.1 Å². The molecule has 1 heterocycles. The molecule has 1 rings (SSSR count). The minimum Gasteiger partial charge on any atom is -0.493 e. The second kappa shape index (κ2) is 6.53. The van der Waals surface area contributed by atoms with Gasteiger partial charge in [0.15, 0.2) is 5.75 Å². The minimum absolute atomic E-state index is 0.380. The summed E-state index contributed by atoms with van der Waals surface area (Å²) in [5, 5.41) is 7.74. The van der Waals surface area contributed by atoms with E-state index < -0.39 is 0 Å². The fourth-order valence-corrected chi connectivity index (χ4v) is 1.73. The van der Waals surface area contributed by atoms with E-state index in [9.17, 15) is 0 Å². The Hall–Kier alpha value is -1.03. The van der Waals surface area contributed by atoms with Gasteiger partial charge >= 0.3 is 0 Å². The summed E-state index contributed by atoms with van der Waals surface area (Å²) in [6.45, 7) is 8.48. The summed E-state index contributed by atoms with van der Waals surface area (Å²) in [5.74, 6) is 0.895. The van der Waals surface area contributed by atoms with Crippen LogP contribution in [0.1, 0.15) is 38.9 Å². The Bertz CT molecular complexity index is 307.